The smallest absolute Gasteiger partial charge is 0.264 e. The molecular formula is C14H14N2O4S. The maximum Gasteiger partial charge on any atom is 0.264 e. The van der Waals surface area contributed by atoms with Gasteiger partial charge in [0.05, 0.1) is 16.4 Å². The van der Waals surface area contributed by atoms with Crippen LogP contribution >= 0.6 is 11.3 Å². The van der Waals surface area contributed by atoms with Crippen molar-refractivity contribution < 1.29 is 19.5 Å². The topological polar surface area (TPSA) is 86.7 Å². The summed E-state index contributed by atoms with van der Waals surface area (Å²) in [5.74, 6) is 4.41. The maximum absolute atomic E-state index is 12.3. The van der Waals surface area contributed by atoms with Gasteiger partial charge >= 0.3 is 0 Å². The van der Waals surface area contributed by atoms with E-state index in [-0.39, 0.29) is 25.6 Å². The van der Waals surface area contributed by atoms with Crippen LogP contribution < -0.4 is 5.32 Å². The Kier molecular flexibility index (Phi) is 4.73. The Balaban J connectivity index is 2.17. The van der Waals surface area contributed by atoms with Crippen molar-refractivity contribution in [2.24, 2.45) is 0 Å². The molecule has 2 heterocycles. The number of carbonyl (C=O) groups excluding carboxylic acids is 3. The number of piperazine rings is 1. The third kappa shape index (κ3) is 3.68. The lowest BCUT2D eigenvalue weighted by Gasteiger charge is -2.24. The second-order valence-corrected chi connectivity index (χ2v) is 5.58. The van der Waals surface area contributed by atoms with Gasteiger partial charge in [0.25, 0.3) is 5.91 Å². The Bertz CT molecular complexity index is 638. The van der Waals surface area contributed by atoms with Crippen LogP contribution in [-0.4, -0.2) is 47.4 Å². The van der Waals surface area contributed by atoms with Crippen LogP contribution in [0.2, 0.25) is 0 Å². The maximum atomic E-state index is 12.3. The van der Waals surface area contributed by atoms with Gasteiger partial charge < -0.3 is 10.0 Å². The van der Waals surface area contributed by atoms with Crippen LogP contribution in [0.4, 0.5) is 0 Å². The molecule has 1 aliphatic heterocycles. The molecule has 1 aliphatic rings. The molecule has 1 aromatic heterocycles. The van der Waals surface area contributed by atoms with E-state index in [4.69, 9.17) is 5.11 Å². The lowest BCUT2D eigenvalue weighted by Crippen LogP contribution is -2.53. The lowest BCUT2D eigenvalue weighted by atomic mass is 10.2. The quantitative estimate of drug-likeness (QED) is 0.589. The van der Waals surface area contributed by atoms with Crippen LogP contribution in [0.3, 0.4) is 0 Å². The molecule has 2 rings (SSSR count). The van der Waals surface area contributed by atoms with E-state index < -0.39 is 11.8 Å². The molecule has 21 heavy (non-hydrogen) atoms. The van der Waals surface area contributed by atoms with Crippen molar-refractivity contribution in [2.45, 2.75) is 13.3 Å². The van der Waals surface area contributed by atoms with E-state index in [9.17, 15) is 14.4 Å². The zero-order valence-corrected chi connectivity index (χ0v) is 12.2. The van der Waals surface area contributed by atoms with Crippen molar-refractivity contribution in [1.29, 1.82) is 0 Å². The third-order valence-electron chi connectivity index (χ3n) is 2.80. The van der Waals surface area contributed by atoms with Gasteiger partial charge in [-0.2, -0.15) is 0 Å². The Labute approximate surface area is 125 Å². The molecule has 0 aliphatic carbocycles. The summed E-state index contributed by atoms with van der Waals surface area (Å²) >= 11 is 1.22. The average molecular weight is 306 g/mol. The van der Waals surface area contributed by atoms with Gasteiger partial charge in [0.2, 0.25) is 11.8 Å². The third-order valence-corrected chi connectivity index (χ3v) is 3.94. The first-order valence-electron chi connectivity index (χ1n) is 6.33. The molecule has 0 aromatic carbocycles. The fraction of sp³-hybridized carbons (Fsp3) is 0.357. The average Bonchev–Trinajstić information content (AvgIpc) is 2.79. The van der Waals surface area contributed by atoms with E-state index >= 15 is 0 Å². The van der Waals surface area contributed by atoms with Crippen LogP contribution in [0.25, 0.3) is 0 Å². The number of nitrogens with one attached hydrogen (secondary N) is 1. The summed E-state index contributed by atoms with van der Waals surface area (Å²) in [4.78, 5) is 37.3. The van der Waals surface area contributed by atoms with Crippen LogP contribution in [0.5, 0.6) is 0 Å². The van der Waals surface area contributed by atoms with Crippen molar-refractivity contribution in [2.75, 3.05) is 19.7 Å². The number of aliphatic hydroxyl groups excluding tert-OH is 1. The summed E-state index contributed by atoms with van der Waals surface area (Å²) in [7, 11) is 0. The highest BCUT2D eigenvalue weighted by Crippen LogP contribution is 2.22. The predicted octanol–water partition coefficient (Wildman–Crippen LogP) is -0.111. The van der Waals surface area contributed by atoms with E-state index in [1.807, 2.05) is 6.92 Å². The summed E-state index contributed by atoms with van der Waals surface area (Å²) in [6, 6.07) is 1.70. The monoisotopic (exact) mass is 306 g/mol. The number of aryl methyl sites for hydroxylation is 1. The largest absolute Gasteiger partial charge is 0.395 e. The number of imide groups is 1. The van der Waals surface area contributed by atoms with Crippen molar-refractivity contribution >= 4 is 29.1 Å². The van der Waals surface area contributed by atoms with Gasteiger partial charge in [-0.05, 0) is 18.6 Å². The van der Waals surface area contributed by atoms with E-state index in [2.05, 4.69) is 17.2 Å². The van der Waals surface area contributed by atoms with Crippen molar-refractivity contribution in [3.8, 4) is 11.8 Å². The Morgan fingerprint density at radius 3 is 2.71 bits per heavy atom. The van der Waals surface area contributed by atoms with E-state index in [1.54, 1.807) is 6.07 Å². The fourth-order valence-electron chi connectivity index (χ4n) is 1.85. The minimum Gasteiger partial charge on any atom is -0.395 e. The van der Waals surface area contributed by atoms with E-state index in [1.165, 1.54) is 16.2 Å². The zero-order chi connectivity index (χ0) is 15.4. The van der Waals surface area contributed by atoms with Gasteiger partial charge in [-0.3, -0.25) is 19.7 Å². The minimum absolute atomic E-state index is 0.00574. The molecule has 0 bridgehead atoms. The normalized spacial score (nSPS) is 14.5. The highest BCUT2D eigenvalue weighted by molar-refractivity contribution is 7.14. The first-order valence-corrected chi connectivity index (χ1v) is 7.15. The van der Waals surface area contributed by atoms with Crippen molar-refractivity contribution in [3.05, 3.63) is 21.4 Å². The molecule has 0 spiro atoms. The Morgan fingerprint density at radius 2 is 2.10 bits per heavy atom. The molecule has 0 unspecified atom stereocenters. The first kappa shape index (κ1) is 15.2. The molecule has 6 nitrogen and oxygen atoms in total. The number of hydrogen-bond donors (Lipinski definition) is 2. The Hall–Kier alpha value is -2.17. The van der Waals surface area contributed by atoms with Gasteiger partial charge in [0.15, 0.2) is 0 Å². The van der Waals surface area contributed by atoms with E-state index in [0.717, 1.165) is 10.4 Å². The van der Waals surface area contributed by atoms with Crippen LogP contribution in [0.1, 0.15) is 26.5 Å². The number of amides is 3. The molecule has 0 atom stereocenters. The van der Waals surface area contributed by atoms with Gasteiger partial charge in [-0.25, -0.2) is 0 Å². The first-order chi connectivity index (χ1) is 10.0. The molecule has 3 amide bonds. The minimum atomic E-state index is -0.476. The van der Waals surface area contributed by atoms with Crippen molar-refractivity contribution in [1.82, 2.24) is 10.2 Å². The highest BCUT2D eigenvalue weighted by atomic mass is 32.1. The summed E-state index contributed by atoms with van der Waals surface area (Å²) < 4.78 is 0. The number of hydrogen-bond acceptors (Lipinski definition) is 5. The van der Waals surface area contributed by atoms with Crippen LogP contribution in [0, 0.1) is 18.8 Å². The fourth-order valence-corrected chi connectivity index (χ4v) is 2.86. The SMILES string of the molecule is Cc1cc(C(=O)N2CC(=O)NC(=O)C2)sc1C#CCCO. The molecular weight excluding hydrogens is 292 g/mol. The van der Waals surface area contributed by atoms with Gasteiger partial charge in [0.1, 0.15) is 13.1 Å². The molecule has 1 aromatic rings. The summed E-state index contributed by atoms with van der Waals surface area (Å²) in [6.45, 7) is 1.60. The number of aliphatic hydroxyl groups is 1. The summed E-state index contributed by atoms with van der Waals surface area (Å²) in [5, 5.41) is 10.8. The number of thiophene rings is 1. The van der Waals surface area contributed by atoms with E-state index in [0.29, 0.717) is 11.3 Å². The second-order valence-electron chi connectivity index (χ2n) is 4.53. The number of carbonyl (C=O) groups is 3. The van der Waals surface area contributed by atoms with Crippen LogP contribution in [-0.2, 0) is 9.59 Å². The molecule has 0 radical (unpaired) electrons. The Morgan fingerprint density at radius 1 is 1.43 bits per heavy atom. The molecule has 1 fully saturated rings. The lowest BCUT2D eigenvalue weighted by molar-refractivity contribution is -0.135. The summed E-state index contributed by atoms with van der Waals surface area (Å²) in [6.07, 6.45) is 0.376. The van der Waals surface area contributed by atoms with Gasteiger partial charge in [-0.15, -0.1) is 11.3 Å². The summed E-state index contributed by atoms with van der Waals surface area (Å²) in [5.41, 5.74) is 0.863. The molecule has 110 valence electrons. The van der Waals surface area contributed by atoms with Gasteiger partial charge in [-0.1, -0.05) is 11.8 Å². The number of nitrogens with zero attached hydrogens (tertiary/aromatic N) is 1. The molecule has 2 N–H and O–H groups in total. The molecule has 0 saturated carbocycles. The standard InChI is InChI=1S/C14H14N2O4S/c1-9-6-11(21-10(9)4-2-3-5-17)14(20)16-7-12(18)15-13(19)8-16/h6,17H,3,5,7-8H2,1H3,(H,15,18,19). The van der Waals surface area contributed by atoms with Crippen molar-refractivity contribution in [3.63, 3.8) is 0 Å². The number of rotatable bonds is 2. The second kappa shape index (κ2) is 6.52. The predicted molar refractivity (Wildman–Crippen MR) is 76.7 cm³/mol. The van der Waals surface area contributed by atoms with Gasteiger partial charge in [0, 0.05) is 6.42 Å². The molecule has 1 saturated heterocycles. The van der Waals surface area contributed by atoms with Crippen LogP contribution in [0.15, 0.2) is 6.07 Å². The highest BCUT2D eigenvalue weighted by Gasteiger charge is 2.28. The molecule has 7 heteroatoms. The zero-order valence-electron chi connectivity index (χ0n) is 11.4.